The van der Waals surface area contributed by atoms with Gasteiger partial charge in [-0.2, -0.15) is 0 Å². The summed E-state index contributed by atoms with van der Waals surface area (Å²) >= 11 is 0. The molecule has 0 amide bonds. The van der Waals surface area contributed by atoms with Crippen LogP contribution >= 0.6 is 0 Å². The molecule has 0 spiro atoms. The van der Waals surface area contributed by atoms with Gasteiger partial charge < -0.3 is 10.4 Å². The average molecular weight is 247 g/mol. The van der Waals surface area contributed by atoms with Crippen LogP contribution < -0.4 is 5.32 Å². The van der Waals surface area contributed by atoms with Gasteiger partial charge in [-0.3, -0.25) is 0 Å². The largest absolute Gasteiger partial charge is 0.478 e. The molecule has 2 saturated carbocycles. The predicted octanol–water partition coefficient (Wildman–Crippen LogP) is 1.45. The van der Waals surface area contributed by atoms with E-state index in [1.807, 2.05) is 0 Å². The van der Waals surface area contributed by atoms with Crippen LogP contribution in [0.5, 0.6) is 0 Å². The van der Waals surface area contributed by atoms with Crippen molar-refractivity contribution in [2.75, 3.05) is 0 Å². The first-order valence-electron chi connectivity index (χ1n) is 6.49. The maximum absolute atomic E-state index is 11.0. The molecule has 0 aromatic carbocycles. The molecular weight excluding hydrogens is 230 g/mol. The molecule has 3 atom stereocenters. The van der Waals surface area contributed by atoms with Gasteiger partial charge in [0.1, 0.15) is 11.9 Å². The first-order valence-corrected chi connectivity index (χ1v) is 6.49. The summed E-state index contributed by atoms with van der Waals surface area (Å²) in [5.74, 6) is 0.710. The number of rotatable bonds is 4. The van der Waals surface area contributed by atoms with E-state index in [0.717, 1.165) is 11.8 Å². The minimum Gasteiger partial charge on any atom is -0.478 e. The summed E-state index contributed by atoms with van der Waals surface area (Å²) in [6.07, 6.45) is 8.04. The number of carboxylic acids is 1. The average Bonchev–Trinajstić information content (AvgIpc) is 2.98. The summed E-state index contributed by atoms with van der Waals surface area (Å²) in [5.41, 5.74) is 0.786. The lowest BCUT2D eigenvalue weighted by Gasteiger charge is -2.22. The van der Waals surface area contributed by atoms with Crippen LogP contribution in [-0.4, -0.2) is 27.1 Å². The van der Waals surface area contributed by atoms with Gasteiger partial charge in [0.05, 0.1) is 5.69 Å². The predicted molar refractivity (Wildman–Crippen MR) is 65.1 cm³/mol. The second-order valence-corrected chi connectivity index (χ2v) is 5.35. The second kappa shape index (κ2) is 4.65. The van der Waals surface area contributed by atoms with Crippen molar-refractivity contribution in [2.45, 2.75) is 38.3 Å². The molecule has 2 aliphatic carbocycles. The third kappa shape index (κ3) is 2.10. The Morgan fingerprint density at radius 2 is 2.33 bits per heavy atom. The number of fused-ring (bicyclic) bond motifs is 2. The smallest absolute Gasteiger partial charge is 0.339 e. The van der Waals surface area contributed by atoms with Gasteiger partial charge in [-0.05, 0) is 31.1 Å². The highest BCUT2D eigenvalue weighted by Crippen LogP contribution is 2.44. The van der Waals surface area contributed by atoms with Gasteiger partial charge in [0, 0.05) is 18.8 Å². The Morgan fingerprint density at radius 1 is 1.44 bits per heavy atom. The van der Waals surface area contributed by atoms with Gasteiger partial charge in [0.25, 0.3) is 0 Å². The highest BCUT2D eigenvalue weighted by Gasteiger charge is 2.39. The first kappa shape index (κ1) is 11.6. The van der Waals surface area contributed by atoms with Crippen molar-refractivity contribution in [2.24, 2.45) is 11.8 Å². The number of aromatic carboxylic acids is 1. The molecule has 0 radical (unpaired) electrons. The first-order chi connectivity index (χ1) is 8.74. The summed E-state index contributed by atoms with van der Waals surface area (Å²) < 4.78 is 0. The fourth-order valence-electron chi connectivity index (χ4n) is 3.40. The van der Waals surface area contributed by atoms with Gasteiger partial charge >= 0.3 is 5.97 Å². The molecule has 2 aliphatic rings. The Balaban J connectivity index is 1.65. The standard InChI is InChI=1S/C13H17N3O2/c17-13(18)10-5-14-7-16-12(10)6-15-11-4-8-1-2-9(11)3-8/h5,7-9,11,15H,1-4,6H2,(H,17,18). The molecule has 18 heavy (non-hydrogen) atoms. The zero-order valence-electron chi connectivity index (χ0n) is 10.2. The number of carbonyl (C=O) groups is 1. The molecular formula is C13H17N3O2. The van der Waals surface area contributed by atoms with Crippen molar-refractivity contribution in [3.63, 3.8) is 0 Å². The molecule has 3 rings (SSSR count). The maximum atomic E-state index is 11.0. The Morgan fingerprint density at radius 3 is 3.00 bits per heavy atom. The van der Waals surface area contributed by atoms with Gasteiger partial charge in [0.2, 0.25) is 0 Å². The van der Waals surface area contributed by atoms with E-state index in [0.29, 0.717) is 18.3 Å². The van der Waals surface area contributed by atoms with Gasteiger partial charge in [0.15, 0.2) is 0 Å². The number of nitrogens with zero attached hydrogens (tertiary/aromatic N) is 2. The Hall–Kier alpha value is -1.49. The van der Waals surface area contributed by atoms with Crippen LogP contribution in [-0.2, 0) is 6.54 Å². The van der Waals surface area contributed by atoms with Crippen LogP contribution in [0.4, 0.5) is 0 Å². The fraction of sp³-hybridized carbons (Fsp3) is 0.615. The van der Waals surface area contributed by atoms with Crippen molar-refractivity contribution in [1.29, 1.82) is 0 Å². The van der Waals surface area contributed by atoms with Crippen LogP contribution in [0.2, 0.25) is 0 Å². The third-order valence-electron chi connectivity index (χ3n) is 4.29. The van der Waals surface area contributed by atoms with E-state index < -0.39 is 5.97 Å². The molecule has 5 nitrogen and oxygen atoms in total. The molecule has 0 aliphatic heterocycles. The Kier molecular flexibility index (Phi) is 2.99. The van der Waals surface area contributed by atoms with Crippen LogP contribution in [0.15, 0.2) is 12.5 Å². The zero-order chi connectivity index (χ0) is 12.5. The fourth-order valence-corrected chi connectivity index (χ4v) is 3.40. The lowest BCUT2D eigenvalue weighted by atomic mass is 9.95. The molecule has 5 heteroatoms. The highest BCUT2D eigenvalue weighted by atomic mass is 16.4. The van der Waals surface area contributed by atoms with Crippen LogP contribution in [0.25, 0.3) is 0 Å². The van der Waals surface area contributed by atoms with Crippen molar-refractivity contribution in [1.82, 2.24) is 15.3 Å². The molecule has 1 aromatic heterocycles. The lowest BCUT2D eigenvalue weighted by molar-refractivity contribution is 0.0694. The van der Waals surface area contributed by atoms with E-state index in [2.05, 4.69) is 15.3 Å². The van der Waals surface area contributed by atoms with Gasteiger partial charge in [-0.1, -0.05) is 6.42 Å². The van der Waals surface area contributed by atoms with Crippen molar-refractivity contribution in [3.05, 3.63) is 23.8 Å². The minimum absolute atomic E-state index is 0.202. The SMILES string of the molecule is O=C(O)c1cncnc1CNC1CC2CCC1C2. The number of hydrogen-bond acceptors (Lipinski definition) is 4. The highest BCUT2D eigenvalue weighted by molar-refractivity contribution is 5.88. The molecule has 2 fully saturated rings. The topological polar surface area (TPSA) is 75.1 Å². The second-order valence-electron chi connectivity index (χ2n) is 5.35. The summed E-state index contributed by atoms with van der Waals surface area (Å²) in [6, 6.07) is 0.542. The maximum Gasteiger partial charge on any atom is 0.339 e. The quantitative estimate of drug-likeness (QED) is 0.842. The number of nitrogens with one attached hydrogen (secondary N) is 1. The number of carboxylic acid groups (broad SMARTS) is 1. The van der Waals surface area contributed by atoms with Crippen LogP contribution in [0.1, 0.15) is 41.7 Å². The molecule has 1 heterocycles. The van der Waals surface area contributed by atoms with Crippen LogP contribution in [0.3, 0.4) is 0 Å². The number of hydrogen-bond donors (Lipinski definition) is 2. The monoisotopic (exact) mass is 247 g/mol. The van der Waals surface area contributed by atoms with E-state index in [9.17, 15) is 4.79 Å². The molecule has 2 bridgehead atoms. The molecule has 96 valence electrons. The lowest BCUT2D eigenvalue weighted by Crippen LogP contribution is -2.34. The van der Waals surface area contributed by atoms with E-state index in [4.69, 9.17) is 5.11 Å². The zero-order valence-corrected chi connectivity index (χ0v) is 10.2. The van der Waals surface area contributed by atoms with Crippen molar-refractivity contribution >= 4 is 5.97 Å². The third-order valence-corrected chi connectivity index (χ3v) is 4.29. The van der Waals surface area contributed by atoms with E-state index in [1.54, 1.807) is 0 Å². The number of aromatic nitrogens is 2. The summed E-state index contributed by atoms with van der Waals surface area (Å²) in [5, 5.41) is 12.5. The molecule has 2 N–H and O–H groups in total. The molecule has 0 saturated heterocycles. The van der Waals surface area contributed by atoms with E-state index >= 15 is 0 Å². The summed E-state index contributed by atoms with van der Waals surface area (Å²) in [4.78, 5) is 18.9. The minimum atomic E-state index is -0.958. The van der Waals surface area contributed by atoms with Gasteiger partial charge in [-0.25, -0.2) is 14.8 Å². The summed E-state index contributed by atoms with van der Waals surface area (Å²) in [7, 11) is 0. The Bertz CT molecular complexity index is 463. The summed E-state index contributed by atoms with van der Waals surface area (Å²) in [6.45, 7) is 0.526. The van der Waals surface area contributed by atoms with Crippen LogP contribution in [0, 0.1) is 11.8 Å². The Labute approximate surface area is 106 Å². The van der Waals surface area contributed by atoms with E-state index in [1.165, 1.54) is 38.2 Å². The van der Waals surface area contributed by atoms with E-state index in [-0.39, 0.29) is 5.56 Å². The normalized spacial score (nSPS) is 29.7. The van der Waals surface area contributed by atoms with Crippen molar-refractivity contribution < 1.29 is 9.90 Å². The van der Waals surface area contributed by atoms with Crippen molar-refractivity contribution in [3.8, 4) is 0 Å². The van der Waals surface area contributed by atoms with Gasteiger partial charge in [-0.15, -0.1) is 0 Å². The molecule has 3 unspecified atom stereocenters. The molecule has 1 aromatic rings.